The standard InChI is InChI=1S/C23H37N5O4/c1-15(2)32-22(29)27-14-16(3)28(23(30)31-4)20-6-5-17(11-21(20)27)18(12-24)13-26-19-7-9-25-10-8-19/h5-6,11,15-16,18-19,25-26H,7-10,12-14,24H2,1-4H3/t16-,18?/m0/s1. The number of nitrogens with zero attached hydrogens (tertiary/aromatic N) is 2. The molecule has 2 aliphatic rings. The predicted octanol–water partition coefficient (Wildman–Crippen LogP) is 2.40. The molecule has 0 bridgehead atoms. The summed E-state index contributed by atoms with van der Waals surface area (Å²) in [4.78, 5) is 28.5. The zero-order valence-electron chi connectivity index (χ0n) is 19.6. The van der Waals surface area contributed by atoms with Crippen molar-refractivity contribution >= 4 is 23.6 Å². The van der Waals surface area contributed by atoms with Gasteiger partial charge < -0.3 is 25.8 Å². The van der Waals surface area contributed by atoms with Gasteiger partial charge in [-0.25, -0.2) is 9.59 Å². The van der Waals surface area contributed by atoms with Crippen molar-refractivity contribution in [1.29, 1.82) is 0 Å². The monoisotopic (exact) mass is 447 g/mol. The van der Waals surface area contributed by atoms with E-state index in [0.29, 0.717) is 30.5 Å². The van der Waals surface area contributed by atoms with Crippen molar-refractivity contribution in [3.8, 4) is 0 Å². The Balaban J connectivity index is 1.89. The van der Waals surface area contributed by atoms with Crippen LogP contribution < -0.4 is 26.2 Å². The largest absolute Gasteiger partial charge is 0.452 e. The van der Waals surface area contributed by atoms with Gasteiger partial charge in [0, 0.05) is 25.0 Å². The normalized spacial score (nSPS) is 20.1. The Bertz CT molecular complexity index is 797. The Kier molecular flexibility index (Phi) is 8.33. The molecule has 1 unspecified atom stereocenters. The average Bonchev–Trinajstić information content (AvgIpc) is 2.78. The molecule has 0 aromatic heterocycles. The molecule has 2 aliphatic heterocycles. The van der Waals surface area contributed by atoms with Gasteiger partial charge in [0.15, 0.2) is 0 Å². The van der Waals surface area contributed by atoms with Crippen LogP contribution in [-0.4, -0.2) is 70.2 Å². The van der Waals surface area contributed by atoms with Crippen molar-refractivity contribution in [2.75, 3.05) is 49.6 Å². The summed E-state index contributed by atoms with van der Waals surface area (Å²) >= 11 is 0. The number of fused-ring (bicyclic) bond motifs is 1. The molecular weight excluding hydrogens is 410 g/mol. The van der Waals surface area contributed by atoms with Crippen molar-refractivity contribution in [3.05, 3.63) is 23.8 Å². The summed E-state index contributed by atoms with van der Waals surface area (Å²) in [5.74, 6) is 0.0871. The van der Waals surface area contributed by atoms with E-state index < -0.39 is 12.2 Å². The number of nitrogens with one attached hydrogen (secondary N) is 2. The van der Waals surface area contributed by atoms with Crippen molar-refractivity contribution in [1.82, 2.24) is 10.6 Å². The maximum Gasteiger partial charge on any atom is 0.414 e. The Morgan fingerprint density at radius 1 is 1.22 bits per heavy atom. The van der Waals surface area contributed by atoms with Gasteiger partial charge in [-0.3, -0.25) is 9.80 Å². The smallest absolute Gasteiger partial charge is 0.414 e. The quantitative estimate of drug-likeness (QED) is 0.614. The predicted molar refractivity (Wildman–Crippen MR) is 125 cm³/mol. The summed E-state index contributed by atoms with van der Waals surface area (Å²) in [6.07, 6.45) is 1.08. The number of hydrogen-bond acceptors (Lipinski definition) is 7. The van der Waals surface area contributed by atoms with E-state index >= 15 is 0 Å². The molecule has 4 N–H and O–H groups in total. The third-order valence-corrected chi connectivity index (χ3v) is 6.11. The number of anilines is 2. The first-order chi connectivity index (χ1) is 15.3. The third kappa shape index (κ3) is 5.51. The van der Waals surface area contributed by atoms with Gasteiger partial charge in [0.1, 0.15) is 0 Å². The van der Waals surface area contributed by atoms with Crippen molar-refractivity contribution in [3.63, 3.8) is 0 Å². The number of methoxy groups -OCH3 is 1. The number of piperidine rings is 1. The molecule has 9 heteroatoms. The number of carbonyl (C=O) groups is 2. The lowest BCUT2D eigenvalue weighted by atomic mass is 9.95. The van der Waals surface area contributed by atoms with Crippen LogP contribution in [0.1, 0.15) is 45.1 Å². The number of hydrogen-bond donors (Lipinski definition) is 3. The van der Waals surface area contributed by atoms with Crippen LogP contribution in [-0.2, 0) is 9.47 Å². The van der Waals surface area contributed by atoms with Gasteiger partial charge in [0.25, 0.3) is 0 Å². The van der Waals surface area contributed by atoms with E-state index in [1.54, 1.807) is 9.80 Å². The molecule has 3 rings (SSSR count). The number of benzene rings is 1. The fourth-order valence-corrected chi connectivity index (χ4v) is 4.38. The second-order valence-corrected chi connectivity index (χ2v) is 8.85. The van der Waals surface area contributed by atoms with Gasteiger partial charge in [-0.1, -0.05) is 6.07 Å². The Labute approximate surface area is 190 Å². The van der Waals surface area contributed by atoms with Gasteiger partial charge in [0.2, 0.25) is 0 Å². The maximum absolute atomic E-state index is 12.9. The number of nitrogens with two attached hydrogens (primary N) is 1. The van der Waals surface area contributed by atoms with E-state index in [1.807, 2.05) is 39.0 Å². The Morgan fingerprint density at radius 2 is 1.94 bits per heavy atom. The molecule has 1 aromatic carbocycles. The molecular formula is C23H37N5O4. The second kappa shape index (κ2) is 11.0. The average molecular weight is 448 g/mol. The van der Waals surface area contributed by atoms with E-state index in [4.69, 9.17) is 15.2 Å². The minimum Gasteiger partial charge on any atom is -0.452 e. The van der Waals surface area contributed by atoms with Crippen LogP contribution in [0.5, 0.6) is 0 Å². The van der Waals surface area contributed by atoms with Crippen LogP contribution >= 0.6 is 0 Å². The van der Waals surface area contributed by atoms with Crippen LogP contribution in [0, 0.1) is 0 Å². The topological polar surface area (TPSA) is 109 Å². The maximum atomic E-state index is 12.9. The van der Waals surface area contributed by atoms with Crippen molar-refractivity contribution in [2.45, 2.75) is 57.7 Å². The first-order valence-electron chi connectivity index (χ1n) is 11.5. The van der Waals surface area contributed by atoms with Crippen LogP contribution in [0.15, 0.2) is 18.2 Å². The summed E-state index contributed by atoms with van der Waals surface area (Å²) in [6, 6.07) is 6.05. The summed E-state index contributed by atoms with van der Waals surface area (Å²) in [6.45, 7) is 9.13. The summed E-state index contributed by atoms with van der Waals surface area (Å²) < 4.78 is 10.5. The fraction of sp³-hybridized carbons (Fsp3) is 0.652. The van der Waals surface area contributed by atoms with Gasteiger partial charge in [-0.05, 0) is 64.4 Å². The molecule has 178 valence electrons. The summed E-state index contributed by atoms with van der Waals surface area (Å²) in [5, 5.41) is 7.02. The molecule has 0 spiro atoms. The van der Waals surface area contributed by atoms with Crippen molar-refractivity contribution in [2.24, 2.45) is 5.73 Å². The molecule has 1 fully saturated rings. The molecule has 0 radical (unpaired) electrons. The zero-order valence-corrected chi connectivity index (χ0v) is 19.6. The highest BCUT2D eigenvalue weighted by Gasteiger charge is 2.37. The van der Waals surface area contributed by atoms with Gasteiger partial charge in [-0.15, -0.1) is 0 Å². The van der Waals surface area contributed by atoms with E-state index in [9.17, 15) is 9.59 Å². The van der Waals surface area contributed by atoms with Gasteiger partial charge in [0.05, 0.1) is 37.2 Å². The fourth-order valence-electron chi connectivity index (χ4n) is 4.38. The van der Waals surface area contributed by atoms with E-state index in [0.717, 1.165) is 38.0 Å². The molecule has 9 nitrogen and oxygen atoms in total. The molecule has 0 saturated carbocycles. The first kappa shape index (κ1) is 24.3. The molecule has 2 atom stereocenters. The lowest BCUT2D eigenvalue weighted by Gasteiger charge is -2.40. The highest BCUT2D eigenvalue weighted by molar-refractivity contribution is 6.00. The lowest BCUT2D eigenvalue weighted by molar-refractivity contribution is 0.121. The lowest BCUT2D eigenvalue weighted by Crippen LogP contribution is -2.52. The SMILES string of the molecule is COC(=O)N1c2ccc(C(CN)CNC3CCNCC3)cc2N(C(=O)OC(C)C)C[C@@H]1C. The van der Waals surface area contributed by atoms with Crippen LogP contribution in [0.4, 0.5) is 21.0 Å². The van der Waals surface area contributed by atoms with Gasteiger partial charge in [-0.2, -0.15) is 0 Å². The summed E-state index contributed by atoms with van der Waals surface area (Å²) in [5.41, 5.74) is 8.42. The van der Waals surface area contributed by atoms with Crippen LogP contribution in [0.2, 0.25) is 0 Å². The number of ether oxygens (including phenoxy) is 2. The Hall–Kier alpha value is -2.36. The highest BCUT2D eigenvalue weighted by atomic mass is 16.6. The zero-order chi connectivity index (χ0) is 23.3. The van der Waals surface area contributed by atoms with Crippen LogP contribution in [0.25, 0.3) is 0 Å². The first-order valence-corrected chi connectivity index (χ1v) is 11.5. The summed E-state index contributed by atoms with van der Waals surface area (Å²) in [7, 11) is 1.36. The number of carbonyl (C=O) groups excluding carboxylic acids is 2. The minimum absolute atomic E-state index is 0.0871. The molecule has 2 amide bonds. The van der Waals surface area contributed by atoms with Crippen LogP contribution in [0.3, 0.4) is 0 Å². The number of amides is 2. The minimum atomic E-state index is -0.452. The van der Waals surface area contributed by atoms with Crippen molar-refractivity contribution < 1.29 is 19.1 Å². The number of rotatable bonds is 6. The molecule has 2 heterocycles. The third-order valence-electron chi connectivity index (χ3n) is 6.11. The Morgan fingerprint density at radius 3 is 2.56 bits per heavy atom. The molecule has 32 heavy (non-hydrogen) atoms. The van der Waals surface area contributed by atoms with Gasteiger partial charge >= 0.3 is 12.2 Å². The molecule has 0 aliphatic carbocycles. The van der Waals surface area contributed by atoms with E-state index in [-0.39, 0.29) is 18.1 Å². The van der Waals surface area contributed by atoms with E-state index in [1.165, 1.54) is 7.11 Å². The highest BCUT2D eigenvalue weighted by Crippen LogP contribution is 2.38. The molecule has 1 aromatic rings. The van der Waals surface area contributed by atoms with E-state index in [2.05, 4.69) is 10.6 Å². The molecule has 1 saturated heterocycles. The second-order valence-electron chi connectivity index (χ2n) is 8.85.